The van der Waals surface area contributed by atoms with Crippen LogP contribution in [0.5, 0.6) is 0 Å². The molecule has 0 saturated carbocycles. The molecule has 0 aromatic carbocycles. The van der Waals surface area contributed by atoms with Crippen molar-refractivity contribution in [3.05, 3.63) is 23.4 Å². The number of imide groups is 1. The summed E-state index contributed by atoms with van der Waals surface area (Å²) in [4.78, 5) is 48.3. The number of nitrogens with one attached hydrogen (secondary N) is 2. The standard InChI is InChI=1S/C23H32N6O3/c1-15-21-17(23(32)29(15)18-3-5-20(30)26-22(18)31)2-4-19(25-21)28-10-6-16(7-11-28)14-27-12-8-24-9-13-27/h2,4,15-16,18,24H,3,5-14H2,1H3,(H,26,30,31). The Morgan fingerprint density at radius 3 is 2.50 bits per heavy atom. The van der Waals surface area contributed by atoms with Crippen LogP contribution in [-0.2, 0) is 9.59 Å². The lowest BCUT2D eigenvalue weighted by atomic mass is 9.96. The molecule has 3 fully saturated rings. The summed E-state index contributed by atoms with van der Waals surface area (Å²) < 4.78 is 0. The van der Waals surface area contributed by atoms with Crippen LogP contribution < -0.4 is 15.5 Å². The molecule has 9 heteroatoms. The predicted octanol–water partition coefficient (Wildman–Crippen LogP) is 0.525. The van der Waals surface area contributed by atoms with Gasteiger partial charge in [-0.2, -0.15) is 0 Å². The minimum absolute atomic E-state index is 0.171. The monoisotopic (exact) mass is 440 g/mol. The van der Waals surface area contributed by atoms with Crippen LogP contribution in [0.4, 0.5) is 5.82 Å². The van der Waals surface area contributed by atoms with Gasteiger partial charge in [0.1, 0.15) is 11.9 Å². The average molecular weight is 441 g/mol. The van der Waals surface area contributed by atoms with Crippen LogP contribution in [0.1, 0.15) is 54.7 Å². The Morgan fingerprint density at radius 1 is 1.03 bits per heavy atom. The van der Waals surface area contributed by atoms with E-state index in [9.17, 15) is 14.4 Å². The highest BCUT2D eigenvalue weighted by Crippen LogP contribution is 2.37. The molecule has 0 spiro atoms. The van der Waals surface area contributed by atoms with Gasteiger partial charge in [-0.05, 0) is 44.2 Å². The van der Waals surface area contributed by atoms with E-state index < -0.39 is 6.04 Å². The molecule has 0 aliphatic carbocycles. The van der Waals surface area contributed by atoms with Gasteiger partial charge in [0.15, 0.2) is 0 Å². The molecule has 3 saturated heterocycles. The van der Waals surface area contributed by atoms with Crippen LogP contribution in [0, 0.1) is 5.92 Å². The second-order valence-electron chi connectivity index (χ2n) is 9.44. The number of nitrogens with zero attached hydrogens (tertiary/aromatic N) is 4. The normalized spacial score (nSPS) is 27.6. The predicted molar refractivity (Wildman–Crippen MR) is 119 cm³/mol. The Balaban J connectivity index is 1.24. The van der Waals surface area contributed by atoms with Crippen LogP contribution in [0.2, 0.25) is 0 Å². The number of amides is 3. The smallest absolute Gasteiger partial charge is 0.257 e. The fourth-order valence-corrected chi connectivity index (χ4v) is 5.55. The third kappa shape index (κ3) is 3.99. The second kappa shape index (κ2) is 8.78. The molecule has 32 heavy (non-hydrogen) atoms. The topological polar surface area (TPSA) is 97.9 Å². The van der Waals surface area contributed by atoms with E-state index in [2.05, 4.69) is 20.4 Å². The molecule has 2 N–H and O–H groups in total. The first kappa shape index (κ1) is 21.3. The lowest BCUT2D eigenvalue weighted by Crippen LogP contribution is -2.53. The summed E-state index contributed by atoms with van der Waals surface area (Å²) >= 11 is 0. The fourth-order valence-electron chi connectivity index (χ4n) is 5.55. The summed E-state index contributed by atoms with van der Waals surface area (Å²) in [5.41, 5.74) is 1.31. The van der Waals surface area contributed by atoms with Crippen LogP contribution in [0.15, 0.2) is 12.1 Å². The van der Waals surface area contributed by atoms with E-state index in [-0.39, 0.29) is 30.2 Å². The summed E-state index contributed by atoms with van der Waals surface area (Å²) in [6.45, 7) is 9.51. The van der Waals surface area contributed by atoms with Gasteiger partial charge < -0.3 is 20.0 Å². The quantitative estimate of drug-likeness (QED) is 0.659. The maximum absolute atomic E-state index is 13.1. The van der Waals surface area contributed by atoms with Crippen LogP contribution in [0.25, 0.3) is 0 Å². The molecular weight excluding hydrogens is 408 g/mol. The first-order valence-corrected chi connectivity index (χ1v) is 11.9. The van der Waals surface area contributed by atoms with Gasteiger partial charge in [0.2, 0.25) is 11.8 Å². The molecule has 0 bridgehead atoms. The van der Waals surface area contributed by atoms with Crippen molar-refractivity contribution in [1.29, 1.82) is 0 Å². The largest absolute Gasteiger partial charge is 0.357 e. The minimum Gasteiger partial charge on any atom is -0.357 e. The van der Waals surface area contributed by atoms with Crippen molar-refractivity contribution in [3.63, 3.8) is 0 Å². The third-order valence-electron chi connectivity index (χ3n) is 7.40. The number of hydrogen-bond acceptors (Lipinski definition) is 7. The number of piperazine rings is 1. The van der Waals surface area contributed by atoms with Crippen molar-refractivity contribution >= 4 is 23.5 Å². The lowest BCUT2D eigenvalue weighted by Gasteiger charge is -2.37. The molecule has 2 atom stereocenters. The number of rotatable bonds is 4. The maximum Gasteiger partial charge on any atom is 0.257 e. The van der Waals surface area contributed by atoms with Gasteiger partial charge in [-0.15, -0.1) is 0 Å². The van der Waals surface area contributed by atoms with Gasteiger partial charge >= 0.3 is 0 Å². The first-order chi connectivity index (χ1) is 15.5. The Hall–Kier alpha value is -2.52. The molecule has 4 aliphatic heterocycles. The Kier molecular flexibility index (Phi) is 5.86. The number of aromatic nitrogens is 1. The highest BCUT2D eigenvalue weighted by molar-refractivity contribution is 6.05. The molecule has 5 heterocycles. The summed E-state index contributed by atoms with van der Waals surface area (Å²) in [6, 6.07) is 2.89. The zero-order valence-electron chi connectivity index (χ0n) is 18.7. The maximum atomic E-state index is 13.1. The van der Waals surface area contributed by atoms with E-state index in [1.165, 1.54) is 6.54 Å². The van der Waals surface area contributed by atoms with Crippen molar-refractivity contribution in [3.8, 4) is 0 Å². The van der Waals surface area contributed by atoms with E-state index >= 15 is 0 Å². The Morgan fingerprint density at radius 2 is 1.78 bits per heavy atom. The summed E-state index contributed by atoms with van der Waals surface area (Å²) in [5, 5.41) is 5.78. The van der Waals surface area contributed by atoms with E-state index in [0.29, 0.717) is 12.0 Å². The van der Waals surface area contributed by atoms with Gasteiger partial charge in [-0.3, -0.25) is 19.7 Å². The van der Waals surface area contributed by atoms with E-state index in [4.69, 9.17) is 4.98 Å². The zero-order valence-corrected chi connectivity index (χ0v) is 18.7. The molecule has 172 valence electrons. The highest BCUT2D eigenvalue weighted by atomic mass is 16.2. The van der Waals surface area contributed by atoms with Gasteiger partial charge in [0, 0.05) is 52.2 Å². The van der Waals surface area contributed by atoms with Gasteiger partial charge in [0.05, 0.1) is 17.3 Å². The molecule has 0 radical (unpaired) electrons. The SMILES string of the molecule is CC1c2nc(N3CCC(CN4CCNCC4)CC3)ccc2C(=O)N1C1CCC(=O)NC1=O. The molecule has 4 aliphatic rings. The minimum atomic E-state index is -0.617. The zero-order chi connectivity index (χ0) is 22.2. The molecule has 5 rings (SSSR count). The van der Waals surface area contributed by atoms with Crippen LogP contribution >= 0.6 is 0 Å². The van der Waals surface area contributed by atoms with Gasteiger partial charge in [-0.1, -0.05) is 0 Å². The van der Waals surface area contributed by atoms with E-state index in [1.54, 1.807) is 4.90 Å². The molecule has 1 aromatic heterocycles. The number of pyridine rings is 1. The molecule has 2 unspecified atom stereocenters. The first-order valence-electron chi connectivity index (χ1n) is 11.9. The van der Waals surface area contributed by atoms with E-state index in [0.717, 1.165) is 69.5 Å². The number of anilines is 1. The molecule has 1 aromatic rings. The van der Waals surface area contributed by atoms with E-state index in [1.807, 2.05) is 19.1 Å². The van der Waals surface area contributed by atoms with Crippen molar-refractivity contribution in [2.75, 3.05) is 50.7 Å². The van der Waals surface area contributed by atoms with Crippen molar-refractivity contribution in [2.45, 2.75) is 44.7 Å². The fraction of sp³-hybridized carbons (Fsp3) is 0.652. The highest BCUT2D eigenvalue weighted by Gasteiger charge is 2.44. The van der Waals surface area contributed by atoms with Crippen molar-refractivity contribution in [1.82, 2.24) is 25.4 Å². The Bertz CT molecular complexity index is 907. The van der Waals surface area contributed by atoms with Gasteiger partial charge in [-0.25, -0.2) is 4.98 Å². The summed E-state index contributed by atoms with van der Waals surface area (Å²) in [6.07, 6.45) is 2.92. The van der Waals surface area contributed by atoms with Crippen molar-refractivity contribution in [2.24, 2.45) is 5.92 Å². The second-order valence-corrected chi connectivity index (χ2v) is 9.44. The number of fused-ring (bicyclic) bond motifs is 1. The lowest BCUT2D eigenvalue weighted by molar-refractivity contribution is -0.137. The van der Waals surface area contributed by atoms with Gasteiger partial charge in [0.25, 0.3) is 5.91 Å². The molecular formula is C23H32N6O3. The number of carbonyl (C=O) groups is 3. The number of hydrogen-bond donors (Lipinski definition) is 2. The third-order valence-corrected chi connectivity index (χ3v) is 7.40. The van der Waals surface area contributed by atoms with Crippen LogP contribution in [-0.4, -0.2) is 84.4 Å². The number of carbonyl (C=O) groups excluding carboxylic acids is 3. The summed E-state index contributed by atoms with van der Waals surface area (Å²) in [5.74, 6) is 0.803. The van der Waals surface area contributed by atoms with Crippen molar-refractivity contribution < 1.29 is 14.4 Å². The molecule has 9 nitrogen and oxygen atoms in total. The average Bonchev–Trinajstić information content (AvgIpc) is 3.05. The number of piperidine rings is 2. The Labute approximate surface area is 188 Å². The molecule has 3 amide bonds. The summed E-state index contributed by atoms with van der Waals surface area (Å²) in [7, 11) is 0. The van der Waals surface area contributed by atoms with Crippen LogP contribution in [0.3, 0.4) is 0 Å².